The van der Waals surface area contributed by atoms with Gasteiger partial charge in [-0.05, 0) is 54.6 Å². The fraction of sp³-hybridized carbons (Fsp3) is 0.250. The Kier molecular flexibility index (Phi) is 6.28. The average molecular weight is 469 g/mol. The lowest BCUT2D eigenvalue weighted by Gasteiger charge is -2.34. The molecule has 1 aromatic heterocycles. The zero-order valence-electron chi connectivity index (χ0n) is 17.9. The van der Waals surface area contributed by atoms with Crippen molar-refractivity contribution >= 4 is 33.1 Å². The summed E-state index contributed by atoms with van der Waals surface area (Å²) in [4.78, 5) is 28.5. The Morgan fingerprint density at radius 2 is 1.53 bits per heavy atom. The van der Waals surface area contributed by atoms with Gasteiger partial charge in [0.05, 0.1) is 15.3 Å². The van der Waals surface area contributed by atoms with Crippen LogP contribution in [0.15, 0.2) is 64.9 Å². The Balaban J connectivity index is 1.50. The second-order valence-electron chi connectivity index (χ2n) is 7.79. The number of carbonyl (C=O) groups is 2. The number of hydrogen-bond acceptors (Lipinski definition) is 5. The van der Waals surface area contributed by atoms with Gasteiger partial charge in [0.1, 0.15) is 0 Å². The van der Waals surface area contributed by atoms with Crippen molar-refractivity contribution in [2.75, 3.05) is 26.2 Å². The van der Waals surface area contributed by atoms with Crippen molar-refractivity contribution in [2.24, 2.45) is 0 Å². The maximum atomic E-state index is 13.2. The van der Waals surface area contributed by atoms with Crippen LogP contribution in [-0.4, -0.2) is 55.5 Å². The molecule has 3 aromatic rings. The molecule has 2 aromatic carbocycles. The number of sulfonamides is 1. The third-order valence-corrected chi connectivity index (χ3v) is 8.55. The quantitative estimate of drug-likeness (QED) is 0.535. The molecule has 1 aliphatic heterocycles. The van der Waals surface area contributed by atoms with Crippen molar-refractivity contribution in [1.82, 2.24) is 9.21 Å². The first-order chi connectivity index (χ1) is 15.3. The highest BCUT2D eigenvalue weighted by Crippen LogP contribution is 2.23. The fourth-order valence-corrected chi connectivity index (χ4v) is 5.92. The number of amides is 1. The smallest absolute Gasteiger partial charge is 0.254 e. The third kappa shape index (κ3) is 4.26. The molecule has 0 saturated carbocycles. The Labute approximate surface area is 192 Å². The van der Waals surface area contributed by atoms with Gasteiger partial charge in [-0.2, -0.15) is 4.31 Å². The second-order valence-corrected chi connectivity index (χ2v) is 10.7. The van der Waals surface area contributed by atoms with E-state index >= 15 is 0 Å². The van der Waals surface area contributed by atoms with Crippen molar-refractivity contribution in [3.05, 3.63) is 87.1 Å². The predicted octanol–water partition coefficient (Wildman–Crippen LogP) is 3.74. The zero-order chi connectivity index (χ0) is 22.9. The van der Waals surface area contributed by atoms with E-state index in [1.165, 1.54) is 15.6 Å². The molecule has 6 nitrogen and oxygen atoms in total. The number of thiophene rings is 1. The van der Waals surface area contributed by atoms with Gasteiger partial charge in [0, 0.05) is 31.7 Å². The predicted molar refractivity (Wildman–Crippen MR) is 125 cm³/mol. The van der Waals surface area contributed by atoms with Gasteiger partial charge in [-0.25, -0.2) is 8.42 Å². The first-order valence-corrected chi connectivity index (χ1v) is 12.6. The molecule has 0 bridgehead atoms. The molecule has 1 fully saturated rings. The highest BCUT2D eigenvalue weighted by Gasteiger charge is 2.31. The summed E-state index contributed by atoms with van der Waals surface area (Å²) in [6, 6.07) is 15.5. The molecule has 1 amide bonds. The third-order valence-electron chi connectivity index (χ3n) is 5.79. The number of nitrogens with zero attached hydrogens (tertiary/aromatic N) is 2. The molecule has 32 heavy (non-hydrogen) atoms. The SMILES string of the molecule is Cc1ccc(S(=O)(=O)N2CCN(C(=O)c3ccccc3C(=O)c3cccs3)CC2)cc1C. The Morgan fingerprint density at radius 1 is 0.844 bits per heavy atom. The molecular weight excluding hydrogens is 444 g/mol. The van der Waals surface area contributed by atoms with Crippen LogP contribution in [0.4, 0.5) is 0 Å². The molecular formula is C24H24N2O4S2. The molecule has 0 unspecified atom stereocenters. The van der Waals surface area contributed by atoms with Crippen molar-refractivity contribution < 1.29 is 18.0 Å². The van der Waals surface area contributed by atoms with E-state index in [1.807, 2.05) is 25.3 Å². The van der Waals surface area contributed by atoms with Crippen molar-refractivity contribution in [1.29, 1.82) is 0 Å². The summed E-state index contributed by atoms with van der Waals surface area (Å²) in [7, 11) is -3.62. The summed E-state index contributed by atoms with van der Waals surface area (Å²) < 4.78 is 27.5. The maximum absolute atomic E-state index is 13.2. The van der Waals surface area contributed by atoms with Crippen LogP contribution in [0.2, 0.25) is 0 Å². The maximum Gasteiger partial charge on any atom is 0.254 e. The molecule has 1 aliphatic rings. The van der Waals surface area contributed by atoms with E-state index in [0.29, 0.717) is 16.0 Å². The topological polar surface area (TPSA) is 74.8 Å². The van der Waals surface area contributed by atoms with Crippen molar-refractivity contribution in [2.45, 2.75) is 18.7 Å². The van der Waals surface area contributed by atoms with Gasteiger partial charge < -0.3 is 4.90 Å². The molecule has 2 heterocycles. The van der Waals surface area contributed by atoms with Crippen LogP contribution < -0.4 is 0 Å². The molecule has 166 valence electrons. The molecule has 0 spiro atoms. The Hall–Kier alpha value is -2.81. The van der Waals surface area contributed by atoms with Crippen LogP contribution in [-0.2, 0) is 10.0 Å². The summed E-state index contributed by atoms with van der Waals surface area (Å²) >= 11 is 1.34. The molecule has 0 N–H and O–H groups in total. The first kappa shape index (κ1) is 22.4. The minimum absolute atomic E-state index is 0.181. The van der Waals surface area contributed by atoms with E-state index in [9.17, 15) is 18.0 Å². The van der Waals surface area contributed by atoms with Gasteiger partial charge >= 0.3 is 0 Å². The van der Waals surface area contributed by atoms with Crippen LogP contribution in [0, 0.1) is 13.8 Å². The van der Waals surface area contributed by atoms with Gasteiger partial charge in [0.2, 0.25) is 15.8 Å². The second kappa shape index (κ2) is 8.97. The lowest BCUT2D eigenvalue weighted by Crippen LogP contribution is -2.50. The van der Waals surface area contributed by atoms with Crippen molar-refractivity contribution in [3.8, 4) is 0 Å². The van der Waals surface area contributed by atoms with Crippen LogP contribution in [0.3, 0.4) is 0 Å². The molecule has 0 radical (unpaired) electrons. The molecule has 8 heteroatoms. The van der Waals surface area contributed by atoms with Crippen LogP contribution in [0.25, 0.3) is 0 Å². The normalized spacial score (nSPS) is 15.0. The van der Waals surface area contributed by atoms with E-state index in [0.717, 1.165) is 11.1 Å². The van der Waals surface area contributed by atoms with Crippen LogP contribution in [0.5, 0.6) is 0 Å². The number of aryl methyl sites for hydroxylation is 2. The van der Waals surface area contributed by atoms with Gasteiger partial charge in [0.15, 0.2) is 0 Å². The number of carbonyl (C=O) groups excluding carboxylic acids is 2. The summed E-state index contributed by atoms with van der Waals surface area (Å²) in [5, 5.41) is 1.83. The van der Waals surface area contributed by atoms with Gasteiger partial charge in [0.25, 0.3) is 5.91 Å². The largest absolute Gasteiger partial charge is 0.336 e. The summed E-state index contributed by atoms with van der Waals surface area (Å²) in [6.07, 6.45) is 0. The highest BCUT2D eigenvalue weighted by molar-refractivity contribution is 7.89. The standard InChI is InChI=1S/C24H24N2O4S2/c1-17-9-10-19(16-18(17)2)32(29,30)26-13-11-25(12-14-26)24(28)21-7-4-3-6-20(21)23(27)22-8-5-15-31-22/h3-10,15-16H,11-14H2,1-2H3. The highest BCUT2D eigenvalue weighted by atomic mass is 32.2. The molecule has 0 aliphatic carbocycles. The monoisotopic (exact) mass is 468 g/mol. The van der Waals surface area contributed by atoms with Gasteiger partial charge in [-0.1, -0.05) is 30.3 Å². The average Bonchev–Trinajstić information content (AvgIpc) is 3.35. The minimum atomic E-state index is -3.62. The van der Waals surface area contributed by atoms with E-state index in [2.05, 4.69) is 0 Å². The summed E-state index contributed by atoms with van der Waals surface area (Å²) in [6.45, 7) is 4.79. The fourth-order valence-electron chi connectivity index (χ4n) is 3.73. The summed E-state index contributed by atoms with van der Waals surface area (Å²) in [5.74, 6) is -0.436. The number of piperazine rings is 1. The van der Waals surface area contributed by atoms with Gasteiger partial charge in [-0.3, -0.25) is 9.59 Å². The first-order valence-electron chi connectivity index (χ1n) is 10.3. The Morgan fingerprint density at radius 3 is 2.16 bits per heavy atom. The van der Waals surface area contributed by atoms with Crippen LogP contribution in [0.1, 0.15) is 36.7 Å². The summed E-state index contributed by atoms with van der Waals surface area (Å²) in [5.41, 5.74) is 2.67. The van der Waals surface area contributed by atoms with Crippen molar-refractivity contribution in [3.63, 3.8) is 0 Å². The van der Waals surface area contributed by atoms with Crippen LogP contribution >= 0.6 is 11.3 Å². The lowest BCUT2D eigenvalue weighted by atomic mass is 10.0. The molecule has 1 saturated heterocycles. The zero-order valence-corrected chi connectivity index (χ0v) is 19.6. The number of rotatable bonds is 5. The lowest BCUT2D eigenvalue weighted by molar-refractivity contribution is 0.0694. The van der Waals surface area contributed by atoms with E-state index < -0.39 is 10.0 Å². The van der Waals surface area contributed by atoms with E-state index in [4.69, 9.17) is 0 Å². The molecule has 4 rings (SSSR count). The minimum Gasteiger partial charge on any atom is -0.336 e. The number of hydrogen-bond donors (Lipinski definition) is 0. The molecule has 0 atom stereocenters. The van der Waals surface area contributed by atoms with E-state index in [1.54, 1.807) is 53.4 Å². The van der Waals surface area contributed by atoms with E-state index in [-0.39, 0.29) is 42.8 Å². The Bertz CT molecular complexity index is 1260. The van der Waals surface area contributed by atoms with Gasteiger partial charge in [-0.15, -0.1) is 11.3 Å². The number of benzene rings is 2. The number of ketones is 1.